The zero-order valence-electron chi connectivity index (χ0n) is 9.73. The Hall–Kier alpha value is -1.75. The van der Waals surface area contributed by atoms with Crippen molar-refractivity contribution in [1.29, 1.82) is 0 Å². The zero-order chi connectivity index (χ0) is 12.3. The summed E-state index contributed by atoms with van der Waals surface area (Å²) in [5, 5.41) is 3.22. The monoisotopic (exact) mass is 236 g/mol. The summed E-state index contributed by atoms with van der Waals surface area (Å²) < 4.78 is 10.7. The molecular weight excluding hydrogens is 220 g/mol. The molecule has 0 fully saturated rings. The normalized spacial score (nSPS) is 14.6. The molecule has 0 saturated carbocycles. The molecule has 1 aliphatic heterocycles. The topological polar surface area (TPSA) is 73.6 Å². The summed E-state index contributed by atoms with van der Waals surface area (Å²) in [6.45, 7) is 2.81. The van der Waals surface area contributed by atoms with E-state index in [2.05, 4.69) is 5.32 Å². The standard InChI is InChI=1S/C12H16N2O3/c1-8(5-11(13)15)14-6-9-3-2-4-10-12(9)17-7-16-10/h2-4,8,14H,5-7H2,1H3,(H2,13,15). The molecule has 1 heterocycles. The molecule has 5 heteroatoms. The molecule has 5 nitrogen and oxygen atoms in total. The van der Waals surface area contributed by atoms with Crippen LogP contribution >= 0.6 is 0 Å². The van der Waals surface area contributed by atoms with Crippen LogP contribution in [0.1, 0.15) is 18.9 Å². The molecule has 3 N–H and O–H groups in total. The lowest BCUT2D eigenvalue weighted by Gasteiger charge is -2.12. The maximum atomic E-state index is 10.7. The van der Waals surface area contributed by atoms with Gasteiger partial charge in [0.15, 0.2) is 11.5 Å². The van der Waals surface area contributed by atoms with Crippen LogP contribution in [0, 0.1) is 0 Å². The number of rotatable bonds is 5. The summed E-state index contributed by atoms with van der Waals surface area (Å²) in [7, 11) is 0. The smallest absolute Gasteiger partial charge is 0.231 e. The van der Waals surface area contributed by atoms with Crippen LogP contribution in [0.3, 0.4) is 0 Å². The van der Waals surface area contributed by atoms with E-state index in [1.807, 2.05) is 25.1 Å². The Labute approximate surface area is 99.9 Å². The molecule has 1 unspecified atom stereocenters. The molecule has 2 rings (SSSR count). The number of fused-ring (bicyclic) bond motifs is 1. The maximum Gasteiger partial charge on any atom is 0.231 e. The summed E-state index contributed by atoms with van der Waals surface area (Å²) in [4.78, 5) is 10.7. The Kier molecular flexibility index (Phi) is 3.49. The van der Waals surface area contributed by atoms with Crippen molar-refractivity contribution in [3.8, 4) is 11.5 Å². The van der Waals surface area contributed by atoms with E-state index in [4.69, 9.17) is 15.2 Å². The van der Waals surface area contributed by atoms with Crippen molar-refractivity contribution in [2.75, 3.05) is 6.79 Å². The molecule has 1 amide bonds. The lowest BCUT2D eigenvalue weighted by Crippen LogP contribution is -2.30. The van der Waals surface area contributed by atoms with Crippen LogP contribution in [-0.2, 0) is 11.3 Å². The van der Waals surface area contributed by atoms with Crippen LogP contribution in [0.5, 0.6) is 11.5 Å². The van der Waals surface area contributed by atoms with Gasteiger partial charge in [0, 0.05) is 24.6 Å². The minimum absolute atomic E-state index is 0.0469. The Morgan fingerprint density at radius 1 is 1.53 bits per heavy atom. The molecule has 0 radical (unpaired) electrons. The maximum absolute atomic E-state index is 10.7. The van der Waals surface area contributed by atoms with Gasteiger partial charge in [-0.25, -0.2) is 0 Å². The Bertz CT molecular complexity index is 420. The number of para-hydroxylation sites is 1. The number of benzene rings is 1. The van der Waals surface area contributed by atoms with Crippen LogP contribution in [0.25, 0.3) is 0 Å². The van der Waals surface area contributed by atoms with Gasteiger partial charge >= 0.3 is 0 Å². The molecule has 1 aliphatic rings. The molecule has 0 saturated heterocycles. The molecule has 1 aromatic rings. The molecule has 92 valence electrons. The molecule has 1 atom stereocenters. The number of carbonyl (C=O) groups excluding carboxylic acids is 1. The van der Waals surface area contributed by atoms with E-state index in [9.17, 15) is 4.79 Å². The molecule has 0 bridgehead atoms. The number of amides is 1. The van der Waals surface area contributed by atoms with Crippen molar-refractivity contribution in [3.05, 3.63) is 23.8 Å². The van der Waals surface area contributed by atoms with E-state index in [1.165, 1.54) is 0 Å². The van der Waals surface area contributed by atoms with E-state index in [0.29, 0.717) is 13.0 Å². The first-order valence-electron chi connectivity index (χ1n) is 5.56. The van der Waals surface area contributed by atoms with Crippen LogP contribution in [-0.4, -0.2) is 18.7 Å². The Balaban J connectivity index is 1.95. The third kappa shape index (κ3) is 2.88. The Morgan fingerprint density at radius 2 is 2.35 bits per heavy atom. The highest BCUT2D eigenvalue weighted by Crippen LogP contribution is 2.35. The fraction of sp³-hybridized carbons (Fsp3) is 0.417. The molecule has 17 heavy (non-hydrogen) atoms. The van der Waals surface area contributed by atoms with E-state index in [0.717, 1.165) is 17.1 Å². The first-order valence-corrected chi connectivity index (χ1v) is 5.56. The quantitative estimate of drug-likeness (QED) is 0.792. The minimum Gasteiger partial charge on any atom is -0.454 e. The number of carbonyl (C=O) groups is 1. The van der Waals surface area contributed by atoms with Gasteiger partial charge in [-0.05, 0) is 13.0 Å². The first kappa shape index (κ1) is 11.7. The summed E-state index contributed by atoms with van der Waals surface area (Å²) in [5.74, 6) is 1.25. The number of ether oxygens (including phenoxy) is 2. The lowest BCUT2D eigenvalue weighted by molar-refractivity contribution is -0.118. The predicted octanol–water partition coefficient (Wildman–Crippen LogP) is 0.769. The molecule has 0 aromatic heterocycles. The highest BCUT2D eigenvalue weighted by molar-refractivity contribution is 5.74. The second kappa shape index (κ2) is 5.05. The van der Waals surface area contributed by atoms with Crippen molar-refractivity contribution in [1.82, 2.24) is 5.32 Å². The van der Waals surface area contributed by atoms with Gasteiger partial charge in [0.05, 0.1) is 0 Å². The fourth-order valence-electron chi connectivity index (χ4n) is 1.79. The third-order valence-corrected chi connectivity index (χ3v) is 2.63. The second-order valence-corrected chi connectivity index (χ2v) is 4.10. The average molecular weight is 236 g/mol. The number of primary amides is 1. The Morgan fingerprint density at radius 3 is 3.12 bits per heavy atom. The summed E-state index contributed by atoms with van der Waals surface area (Å²) in [6, 6.07) is 5.81. The summed E-state index contributed by atoms with van der Waals surface area (Å²) in [5.41, 5.74) is 6.15. The summed E-state index contributed by atoms with van der Waals surface area (Å²) >= 11 is 0. The highest BCUT2D eigenvalue weighted by Gasteiger charge is 2.17. The SMILES string of the molecule is CC(CC(N)=O)NCc1cccc2c1OCO2. The van der Waals surface area contributed by atoms with E-state index in [-0.39, 0.29) is 18.7 Å². The van der Waals surface area contributed by atoms with Crippen LogP contribution in [0.15, 0.2) is 18.2 Å². The van der Waals surface area contributed by atoms with Crippen molar-refractivity contribution in [2.45, 2.75) is 25.9 Å². The first-order chi connectivity index (χ1) is 8.16. The minimum atomic E-state index is -0.303. The van der Waals surface area contributed by atoms with E-state index < -0.39 is 0 Å². The van der Waals surface area contributed by atoms with Gasteiger partial charge < -0.3 is 20.5 Å². The van der Waals surface area contributed by atoms with Gasteiger partial charge in [-0.1, -0.05) is 12.1 Å². The average Bonchev–Trinajstić information content (AvgIpc) is 2.73. The van der Waals surface area contributed by atoms with Gasteiger partial charge in [-0.2, -0.15) is 0 Å². The van der Waals surface area contributed by atoms with E-state index >= 15 is 0 Å². The summed E-state index contributed by atoms with van der Waals surface area (Å²) in [6.07, 6.45) is 0.326. The number of hydrogen-bond acceptors (Lipinski definition) is 4. The predicted molar refractivity (Wildman–Crippen MR) is 62.7 cm³/mol. The third-order valence-electron chi connectivity index (χ3n) is 2.63. The van der Waals surface area contributed by atoms with Gasteiger partial charge in [-0.15, -0.1) is 0 Å². The largest absolute Gasteiger partial charge is 0.454 e. The molecule has 0 spiro atoms. The molecule has 1 aromatic carbocycles. The van der Waals surface area contributed by atoms with E-state index in [1.54, 1.807) is 0 Å². The zero-order valence-corrected chi connectivity index (χ0v) is 9.73. The van der Waals surface area contributed by atoms with Crippen LogP contribution < -0.4 is 20.5 Å². The van der Waals surface area contributed by atoms with Gasteiger partial charge in [0.1, 0.15) is 0 Å². The number of hydrogen-bond donors (Lipinski definition) is 2. The van der Waals surface area contributed by atoms with Gasteiger partial charge in [-0.3, -0.25) is 4.79 Å². The van der Waals surface area contributed by atoms with Crippen molar-refractivity contribution in [3.63, 3.8) is 0 Å². The van der Waals surface area contributed by atoms with Crippen molar-refractivity contribution < 1.29 is 14.3 Å². The lowest BCUT2D eigenvalue weighted by atomic mass is 10.1. The number of nitrogens with one attached hydrogen (secondary N) is 1. The fourth-order valence-corrected chi connectivity index (χ4v) is 1.79. The van der Waals surface area contributed by atoms with Crippen LogP contribution in [0.2, 0.25) is 0 Å². The van der Waals surface area contributed by atoms with Crippen LogP contribution in [0.4, 0.5) is 0 Å². The van der Waals surface area contributed by atoms with Crippen molar-refractivity contribution >= 4 is 5.91 Å². The molecule has 0 aliphatic carbocycles. The molecular formula is C12H16N2O3. The highest BCUT2D eigenvalue weighted by atomic mass is 16.7. The van der Waals surface area contributed by atoms with Gasteiger partial charge in [0.2, 0.25) is 12.7 Å². The van der Waals surface area contributed by atoms with Gasteiger partial charge in [0.25, 0.3) is 0 Å². The van der Waals surface area contributed by atoms with Crippen molar-refractivity contribution in [2.24, 2.45) is 5.73 Å². The number of nitrogens with two attached hydrogens (primary N) is 1. The second-order valence-electron chi connectivity index (χ2n) is 4.10.